The Bertz CT molecular complexity index is 376. The zero-order chi connectivity index (χ0) is 18.0. The van der Waals surface area contributed by atoms with Crippen molar-refractivity contribution in [2.24, 2.45) is 5.92 Å². The van der Waals surface area contributed by atoms with E-state index in [9.17, 15) is 22.8 Å². The van der Waals surface area contributed by atoms with Crippen LogP contribution in [0.2, 0.25) is 0 Å². The highest BCUT2D eigenvalue weighted by Gasteiger charge is 2.30. The summed E-state index contributed by atoms with van der Waals surface area (Å²) in [5, 5.41) is 5.07. The number of carbonyl (C=O) groups is 2. The van der Waals surface area contributed by atoms with Gasteiger partial charge in [0.2, 0.25) is 5.91 Å². The molecule has 2 N–H and O–H groups in total. The Morgan fingerprint density at radius 1 is 1.17 bits per heavy atom. The highest BCUT2D eigenvalue weighted by atomic mass is 19.4. The van der Waals surface area contributed by atoms with Gasteiger partial charge in [0.25, 0.3) is 0 Å². The first kappa shape index (κ1) is 21.5. The van der Waals surface area contributed by atoms with E-state index < -0.39 is 30.9 Å². The molecule has 0 saturated carbocycles. The fourth-order valence-electron chi connectivity index (χ4n) is 1.76. The van der Waals surface area contributed by atoms with Crippen molar-refractivity contribution >= 4 is 12.0 Å². The van der Waals surface area contributed by atoms with Crippen LogP contribution in [-0.4, -0.2) is 50.1 Å². The number of halogens is 3. The zero-order valence-electron chi connectivity index (χ0n) is 13.8. The minimum atomic E-state index is -4.49. The number of alkyl halides is 3. The Labute approximate surface area is 134 Å². The van der Waals surface area contributed by atoms with Crippen molar-refractivity contribution in [3.8, 4) is 0 Å². The SMILES string of the molecule is CCOC(=O)N[C@@H](CNC(=O)[C@H](C)OCC(F)(F)F)CC(C)C. The molecule has 0 spiro atoms. The molecule has 0 saturated heterocycles. The van der Waals surface area contributed by atoms with Gasteiger partial charge < -0.3 is 20.1 Å². The van der Waals surface area contributed by atoms with Crippen molar-refractivity contribution in [3.63, 3.8) is 0 Å². The Morgan fingerprint density at radius 2 is 1.78 bits per heavy atom. The highest BCUT2D eigenvalue weighted by Crippen LogP contribution is 2.15. The molecule has 0 aromatic rings. The van der Waals surface area contributed by atoms with Gasteiger partial charge in [-0.2, -0.15) is 13.2 Å². The molecule has 23 heavy (non-hydrogen) atoms. The molecule has 0 aliphatic heterocycles. The van der Waals surface area contributed by atoms with Crippen LogP contribution < -0.4 is 10.6 Å². The van der Waals surface area contributed by atoms with Gasteiger partial charge in [-0.1, -0.05) is 13.8 Å². The van der Waals surface area contributed by atoms with Gasteiger partial charge in [-0.05, 0) is 26.2 Å². The number of carbonyl (C=O) groups excluding carboxylic acids is 2. The van der Waals surface area contributed by atoms with Crippen LogP contribution in [0.5, 0.6) is 0 Å². The van der Waals surface area contributed by atoms with Crippen molar-refractivity contribution < 1.29 is 32.2 Å². The lowest BCUT2D eigenvalue weighted by Crippen LogP contribution is -2.47. The van der Waals surface area contributed by atoms with Crippen molar-refractivity contribution in [2.45, 2.75) is 52.4 Å². The number of nitrogens with one attached hydrogen (secondary N) is 2. The van der Waals surface area contributed by atoms with Crippen LogP contribution in [0.25, 0.3) is 0 Å². The summed E-state index contributed by atoms with van der Waals surface area (Å²) in [7, 11) is 0. The smallest absolute Gasteiger partial charge is 0.411 e. The zero-order valence-corrected chi connectivity index (χ0v) is 13.8. The monoisotopic (exact) mass is 342 g/mol. The van der Waals surface area contributed by atoms with Crippen LogP contribution >= 0.6 is 0 Å². The van der Waals surface area contributed by atoms with Crippen molar-refractivity contribution in [2.75, 3.05) is 19.8 Å². The van der Waals surface area contributed by atoms with Gasteiger partial charge in [-0.15, -0.1) is 0 Å². The summed E-state index contributed by atoms with van der Waals surface area (Å²) in [6.07, 6.45) is -5.75. The third-order valence-corrected chi connectivity index (χ3v) is 2.74. The standard InChI is InChI=1S/C14H25F3N2O4/c1-5-22-13(21)19-11(6-9(2)3)7-18-12(20)10(4)23-8-14(15,16)17/h9-11H,5-8H2,1-4H3,(H,18,20)(H,19,21)/t10-,11+/m0/s1. The lowest BCUT2D eigenvalue weighted by molar-refractivity contribution is -0.185. The number of alkyl carbamates (subject to hydrolysis) is 1. The predicted octanol–water partition coefficient (Wildman–Crippen LogP) is 2.23. The van der Waals surface area contributed by atoms with Crippen LogP contribution in [0, 0.1) is 5.92 Å². The molecular formula is C14H25F3N2O4. The number of amides is 2. The minimum Gasteiger partial charge on any atom is -0.450 e. The summed E-state index contributed by atoms with van der Waals surface area (Å²) >= 11 is 0. The summed E-state index contributed by atoms with van der Waals surface area (Å²) in [6, 6.07) is -0.382. The number of hydrogen-bond donors (Lipinski definition) is 2. The normalized spacial score (nSPS) is 14.3. The van der Waals surface area contributed by atoms with Gasteiger partial charge in [0, 0.05) is 12.6 Å². The van der Waals surface area contributed by atoms with E-state index >= 15 is 0 Å². The van der Waals surface area contributed by atoms with Crippen LogP contribution in [0.4, 0.5) is 18.0 Å². The quantitative estimate of drug-likeness (QED) is 0.674. The van der Waals surface area contributed by atoms with Gasteiger partial charge in [-0.3, -0.25) is 4.79 Å². The number of rotatable bonds is 9. The maximum absolute atomic E-state index is 12.0. The molecule has 0 bridgehead atoms. The molecule has 0 heterocycles. The first-order valence-electron chi connectivity index (χ1n) is 7.44. The summed E-state index contributed by atoms with van der Waals surface area (Å²) in [6.45, 7) is 5.59. The van der Waals surface area contributed by atoms with E-state index in [1.165, 1.54) is 6.92 Å². The Kier molecular flexibility index (Phi) is 9.62. The lowest BCUT2D eigenvalue weighted by atomic mass is 10.0. The fraction of sp³-hybridized carbons (Fsp3) is 0.857. The Morgan fingerprint density at radius 3 is 2.26 bits per heavy atom. The molecule has 136 valence electrons. The van der Waals surface area contributed by atoms with Crippen molar-refractivity contribution in [1.82, 2.24) is 10.6 Å². The maximum atomic E-state index is 12.0. The topological polar surface area (TPSA) is 76.7 Å². The van der Waals surface area contributed by atoms with Gasteiger partial charge in [0.05, 0.1) is 6.61 Å². The molecule has 0 aliphatic rings. The molecule has 6 nitrogen and oxygen atoms in total. The average Bonchev–Trinajstić information content (AvgIpc) is 2.40. The molecule has 0 aliphatic carbocycles. The van der Waals surface area contributed by atoms with Crippen molar-refractivity contribution in [1.29, 1.82) is 0 Å². The molecule has 2 amide bonds. The number of ether oxygens (including phenoxy) is 2. The second-order valence-electron chi connectivity index (χ2n) is 5.50. The summed E-state index contributed by atoms with van der Waals surface area (Å²) in [5.41, 5.74) is 0. The summed E-state index contributed by atoms with van der Waals surface area (Å²) < 4.78 is 45.3. The summed E-state index contributed by atoms with van der Waals surface area (Å²) in [4.78, 5) is 23.1. The van der Waals surface area contributed by atoms with Gasteiger partial charge in [0.1, 0.15) is 12.7 Å². The average molecular weight is 342 g/mol. The Balaban J connectivity index is 4.36. The molecule has 0 aromatic heterocycles. The highest BCUT2D eigenvalue weighted by molar-refractivity contribution is 5.80. The summed E-state index contributed by atoms with van der Waals surface area (Å²) in [5.74, 6) is -0.425. The van der Waals surface area contributed by atoms with Gasteiger partial charge in [0.15, 0.2) is 0 Å². The molecule has 0 rings (SSSR count). The van der Waals surface area contributed by atoms with E-state index in [-0.39, 0.29) is 25.1 Å². The molecule has 0 unspecified atom stereocenters. The second kappa shape index (κ2) is 10.3. The number of hydrogen-bond acceptors (Lipinski definition) is 4. The lowest BCUT2D eigenvalue weighted by Gasteiger charge is -2.22. The van der Waals surface area contributed by atoms with Crippen LogP contribution in [-0.2, 0) is 14.3 Å². The van der Waals surface area contributed by atoms with Crippen molar-refractivity contribution in [3.05, 3.63) is 0 Å². The van der Waals surface area contributed by atoms with E-state index in [4.69, 9.17) is 4.74 Å². The van der Waals surface area contributed by atoms with Crippen LogP contribution in [0.3, 0.4) is 0 Å². The van der Waals surface area contributed by atoms with Crippen LogP contribution in [0.15, 0.2) is 0 Å². The molecular weight excluding hydrogens is 317 g/mol. The van der Waals surface area contributed by atoms with E-state index in [0.717, 1.165) is 0 Å². The third kappa shape index (κ3) is 11.7. The van der Waals surface area contributed by atoms with E-state index in [0.29, 0.717) is 6.42 Å². The van der Waals surface area contributed by atoms with Crippen LogP contribution in [0.1, 0.15) is 34.1 Å². The third-order valence-electron chi connectivity index (χ3n) is 2.74. The van der Waals surface area contributed by atoms with E-state index in [1.807, 2.05) is 13.8 Å². The van der Waals surface area contributed by atoms with Gasteiger partial charge in [-0.25, -0.2) is 4.79 Å². The Hall–Kier alpha value is -1.51. The van der Waals surface area contributed by atoms with Gasteiger partial charge >= 0.3 is 12.3 Å². The first-order chi connectivity index (χ1) is 10.5. The molecule has 0 radical (unpaired) electrons. The predicted molar refractivity (Wildman–Crippen MR) is 77.9 cm³/mol. The fourth-order valence-corrected chi connectivity index (χ4v) is 1.76. The second-order valence-corrected chi connectivity index (χ2v) is 5.50. The molecule has 0 fully saturated rings. The minimum absolute atomic E-state index is 0.0789. The first-order valence-corrected chi connectivity index (χ1v) is 7.44. The van der Waals surface area contributed by atoms with E-state index in [1.54, 1.807) is 6.92 Å². The molecule has 2 atom stereocenters. The largest absolute Gasteiger partial charge is 0.450 e. The maximum Gasteiger partial charge on any atom is 0.411 e. The van der Waals surface area contributed by atoms with E-state index in [2.05, 4.69) is 15.4 Å². The molecule has 0 aromatic carbocycles. The molecule has 9 heteroatoms.